The van der Waals surface area contributed by atoms with Crippen LogP contribution in [0.4, 0.5) is 0 Å². The summed E-state index contributed by atoms with van der Waals surface area (Å²) in [5.41, 5.74) is 0. The Labute approximate surface area is 78.5 Å². The second-order valence-corrected chi connectivity index (χ2v) is 2.46. The highest BCUT2D eigenvalue weighted by Gasteiger charge is 2.03. The van der Waals surface area contributed by atoms with Crippen molar-refractivity contribution in [3.8, 4) is 11.8 Å². The Bertz CT molecular complexity index is 232. The normalized spacial score (nSPS) is 8.46. The number of esters is 1. The molecule has 0 aromatic rings. The zero-order valence-electron chi connectivity index (χ0n) is 8.05. The number of rotatable bonds is 5. The third kappa shape index (κ3) is 7.07. The monoisotopic (exact) mass is 182 g/mol. The summed E-state index contributed by atoms with van der Waals surface area (Å²) in [6.45, 7) is 3.76. The van der Waals surface area contributed by atoms with Gasteiger partial charge in [0.15, 0.2) is 0 Å². The minimum atomic E-state index is -0.250. The molecule has 0 aliphatic carbocycles. The number of ether oxygens (including phenoxy) is 1. The van der Waals surface area contributed by atoms with Gasteiger partial charge in [-0.25, -0.2) is 0 Å². The van der Waals surface area contributed by atoms with Gasteiger partial charge in [0.25, 0.3) is 0 Å². The lowest BCUT2D eigenvalue weighted by Crippen LogP contribution is -2.04. The van der Waals surface area contributed by atoms with E-state index in [1.807, 2.05) is 0 Å². The molecular weight excluding hydrogens is 168 g/mol. The van der Waals surface area contributed by atoms with Crippen LogP contribution < -0.4 is 0 Å². The molecule has 0 rings (SSSR count). The predicted molar refractivity (Wildman–Crippen MR) is 48.9 cm³/mol. The highest BCUT2D eigenvalue weighted by atomic mass is 16.5. The van der Waals surface area contributed by atoms with Gasteiger partial charge in [-0.2, -0.15) is 0 Å². The highest BCUT2D eigenvalue weighted by molar-refractivity contribution is 5.95. The van der Waals surface area contributed by atoms with E-state index in [1.54, 1.807) is 13.8 Å². The van der Waals surface area contributed by atoms with Crippen LogP contribution in [0.25, 0.3) is 0 Å². The maximum atomic E-state index is 10.9. The van der Waals surface area contributed by atoms with Gasteiger partial charge in [-0.3, -0.25) is 9.59 Å². The fourth-order valence-electron chi connectivity index (χ4n) is 0.828. The smallest absolute Gasteiger partial charge is 0.305 e. The first-order chi connectivity index (χ1) is 6.20. The Morgan fingerprint density at radius 1 is 1.31 bits per heavy atom. The number of hydrogen-bond donors (Lipinski definition) is 0. The van der Waals surface area contributed by atoms with E-state index < -0.39 is 0 Å². The molecule has 3 heteroatoms. The zero-order chi connectivity index (χ0) is 10.1. The van der Waals surface area contributed by atoms with Crippen LogP contribution in [0.15, 0.2) is 0 Å². The SMILES string of the molecule is CC#CC(=O)CCCC(=O)OCC. The third-order valence-corrected chi connectivity index (χ3v) is 1.35. The molecule has 72 valence electrons. The first-order valence-electron chi connectivity index (χ1n) is 4.32. The molecule has 0 radical (unpaired) electrons. The van der Waals surface area contributed by atoms with E-state index in [1.165, 1.54) is 0 Å². The van der Waals surface area contributed by atoms with Crippen LogP contribution in [0.2, 0.25) is 0 Å². The van der Waals surface area contributed by atoms with Crippen LogP contribution in [0.5, 0.6) is 0 Å². The molecule has 13 heavy (non-hydrogen) atoms. The average molecular weight is 182 g/mol. The van der Waals surface area contributed by atoms with Gasteiger partial charge in [-0.1, -0.05) is 5.92 Å². The van der Waals surface area contributed by atoms with E-state index in [0.717, 1.165) is 0 Å². The van der Waals surface area contributed by atoms with E-state index in [-0.39, 0.29) is 11.8 Å². The zero-order valence-corrected chi connectivity index (χ0v) is 8.05. The van der Waals surface area contributed by atoms with Gasteiger partial charge in [0.05, 0.1) is 6.61 Å². The first-order valence-corrected chi connectivity index (χ1v) is 4.32. The standard InChI is InChI=1S/C10H14O3/c1-3-6-9(11)7-5-8-10(12)13-4-2/h4-5,7-8H2,1-2H3. The minimum Gasteiger partial charge on any atom is -0.466 e. The van der Waals surface area contributed by atoms with Gasteiger partial charge >= 0.3 is 5.97 Å². The number of ketones is 1. The second kappa shape index (κ2) is 7.35. The molecule has 0 aliphatic rings. The van der Waals surface area contributed by atoms with Gasteiger partial charge in [0, 0.05) is 12.8 Å². The maximum absolute atomic E-state index is 10.9. The summed E-state index contributed by atoms with van der Waals surface area (Å²) in [4.78, 5) is 21.7. The van der Waals surface area contributed by atoms with Crippen molar-refractivity contribution < 1.29 is 14.3 Å². The van der Waals surface area contributed by atoms with E-state index in [4.69, 9.17) is 4.74 Å². The van der Waals surface area contributed by atoms with E-state index in [2.05, 4.69) is 11.8 Å². The Morgan fingerprint density at radius 2 is 2.00 bits per heavy atom. The van der Waals surface area contributed by atoms with E-state index in [0.29, 0.717) is 25.9 Å². The summed E-state index contributed by atoms with van der Waals surface area (Å²) in [6, 6.07) is 0. The summed E-state index contributed by atoms with van der Waals surface area (Å²) >= 11 is 0. The lowest BCUT2D eigenvalue weighted by molar-refractivity contribution is -0.143. The molecule has 0 aromatic carbocycles. The number of Topliss-reactive ketones (excluding diaryl/α,β-unsaturated/α-hetero) is 1. The minimum absolute atomic E-state index is 0.119. The molecule has 0 aromatic heterocycles. The third-order valence-electron chi connectivity index (χ3n) is 1.35. The van der Waals surface area contributed by atoms with Gasteiger partial charge in [-0.05, 0) is 26.2 Å². The fraction of sp³-hybridized carbons (Fsp3) is 0.600. The summed E-state index contributed by atoms with van der Waals surface area (Å²) in [5, 5.41) is 0. The molecular formula is C10H14O3. The van der Waals surface area contributed by atoms with Crippen LogP contribution >= 0.6 is 0 Å². The second-order valence-electron chi connectivity index (χ2n) is 2.46. The first kappa shape index (κ1) is 11.7. The summed E-state index contributed by atoms with van der Waals surface area (Å²) < 4.78 is 4.70. The van der Waals surface area contributed by atoms with Crippen molar-refractivity contribution in [1.29, 1.82) is 0 Å². The Morgan fingerprint density at radius 3 is 2.54 bits per heavy atom. The topological polar surface area (TPSA) is 43.4 Å². The maximum Gasteiger partial charge on any atom is 0.305 e. The van der Waals surface area contributed by atoms with Gasteiger partial charge in [-0.15, -0.1) is 0 Å². The summed E-state index contributed by atoms with van der Waals surface area (Å²) in [6.07, 6.45) is 1.15. The molecule has 0 fully saturated rings. The lowest BCUT2D eigenvalue weighted by Gasteiger charge is -1.98. The molecule has 0 spiro atoms. The Kier molecular flexibility index (Phi) is 6.62. The van der Waals surface area contributed by atoms with Gasteiger partial charge in [0.1, 0.15) is 0 Å². The van der Waals surface area contributed by atoms with Gasteiger partial charge < -0.3 is 4.74 Å². The van der Waals surface area contributed by atoms with Crippen molar-refractivity contribution in [2.75, 3.05) is 6.61 Å². The fourth-order valence-corrected chi connectivity index (χ4v) is 0.828. The van der Waals surface area contributed by atoms with Gasteiger partial charge in [0.2, 0.25) is 5.78 Å². The Balaban J connectivity index is 3.48. The lowest BCUT2D eigenvalue weighted by atomic mass is 10.2. The van der Waals surface area contributed by atoms with Crippen molar-refractivity contribution in [1.82, 2.24) is 0 Å². The van der Waals surface area contributed by atoms with Crippen LogP contribution in [-0.4, -0.2) is 18.4 Å². The van der Waals surface area contributed by atoms with Crippen LogP contribution in [0.1, 0.15) is 33.1 Å². The summed E-state index contributed by atoms with van der Waals surface area (Å²) in [5.74, 6) is 4.56. The number of carbonyl (C=O) groups is 2. The van der Waals surface area contributed by atoms with Crippen LogP contribution in [0.3, 0.4) is 0 Å². The number of carbonyl (C=O) groups excluding carboxylic acids is 2. The molecule has 0 unspecified atom stereocenters. The van der Waals surface area contributed by atoms with Crippen molar-refractivity contribution >= 4 is 11.8 Å². The Hall–Kier alpha value is -1.30. The molecule has 0 saturated heterocycles. The molecule has 0 N–H and O–H groups in total. The summed E-state index contributed by atoms with van der Waals surface area (Å²) in [7, 11) is 0. The van der Waals surface area contributed by atoms with Crippen molar-refractivity contribution in [2.45, 2.75) is 33.1 Å². The molecule has 0 amide bonds. The molecule has 0 bridgehead atoms. The van der Waals surface area contributed by atoms with Crippen molar-refractivity contribution in [2.24, 2.45) is 0 Å². The quantitative estimate of drug-likeness (QED) is 0.366. The van der Waals surface area contributed by atoms with Crippen LogP contribution in [-0.2, 0) is 14.3 Å². The van der Waals surface area contributed by atoms with Crippen molar-refractivity contribution in [3.05, 3.63) is 0 Å². The molecule has 0 heterocycles. The van der Waals surface area contributed by atoms with E-state index >= 15 is 0 Å². The van der Waals surface area contributed by atoms with Crippen molar-refractivity contribution in [3.63, 3.8) is 0 Å². The molecule has 3 nitrogen and oxygen atoms in total. The largest absolute Gasteiger partial charge is 0.466 e. The predicted octanol–water partition coefficient (Wildman–Crippen LogP) is 1.31. The highest BCUT2D eigenvalue weighted by Crippen LogP contribution is 1.98. The molecule has 0 atom stereocenters. The molecule has 0 aliphatic heterocycles. The van der Waals surface area contributed by atoms with Crippen LogP contribution in [0, 0.1) is 11.8 Å². The van der Waals surface area contributed by atoms with E-state index in [9.17, 15) is 9.59 Å². The number of hydrogen-bond acceptors (Lipinski definition) is 3. The molecule has 0 saturated carbocycles. The average Bonchev–Trinajstić information content (AvgIpc) is 2.05.